The Morgan fingerprint density at radius 2 is 2.04 bits per heavy atom. The summed E-state index contributed by atoms with van der Waals surface area (Å²) in [4.78, 5) is 17.2. The number of pyridine rings is 2. The van der Waals surface area contributed by atoms with Gasteiger partial charge in [0.05, 0.1) is 12.8 Å². The standard InChI is InChI=1S/C19H15N6O/c1-26-13-4-5-15-16(8-13)25-19(24-15)17(20)14-7-12(10-23-18(14)21)11-3-2-6-22-9-11/h2-10,20H,1H3,(H2-,21,23,24,25)/q-1. The zero-order chi connectivity index (χ0) is 18.1. The number of ether oxygens (including phenoxy) is 1. The highest BCUT2D eigenvalue weighted by atomic mass is 16.5. The molecule has 3 aromatic heterocycles. The van der Waals surface area contributed by atoms with E-state index in [1.807, 2.05) is 30.3 Å². The maximum atomic E-state index is 8.51. The monoisotopic (exact) mass is 343 g/mol. The van der Waals surface area contributed by atoms with E-state index in [9.17, 15) is 0 Å². The highest BCUT2D eigenvalue weighted by Gasteiger charge is 2.11. The lowest BCUT2D eigenvalue weighted by Crippen LogP contribution is -2.09. The number of hydrogen-bond donors (Lipinski definition) is 2. The molecule has 0 aliphatic carbocycles. The summed E-state index contributed by atoms with van der Waals surface area (Å²) < 4.78 is 5.20. The van der Waals surface area contributed by atoms with Gasteiger partial charge in [0, 0.05) is 35.3 Å². The minimum Gasteiger partial charge on any atom is -0.497 e. The van der Waals surface area contributed by atoms with E-state index in [1.165, 1.54) is 0 Å². The summed E-state index contributed by atoms with van der Waals surface area (Å²) in [5.74, 6) is 1.24. The van der Waals surface area contributed by atoms with Crippen molar-refractivity contribution >= 4 is 22.6 Å². The fourth-order valence-electron chi connectivity index (χ4n) is 2.67. The van der Waals surface area contributed by atoms with E-state index in [0.717, 1.165) is 11.1 Å². The van der Waals surface area contributed by atoms with Crippen molar-refractivity contribution < 1.29 is 4.74 Å². The Balaban J connectivity index is 1.76. The Morgan fingerprint density at radius 1 is 1.15 bits per heavy atom. The van der Waals surface area contributed by atoms with Crippen LogP contribution in [0, 0.1) is 5.41 Å². The van der Waals surface area contributed by atoms with E-state index in [0.29, 0.717) is 28.2 Å². The number of nitrogens with two attached hydrogens (primary N) is 1. The smallest absolute Gasteiger partial charge is 0.132 e. The summed E-state index contributed by atoms with van der Waals surface area (Å²) >= 11 is 0. The minimum absolute atomic E-state index is 0.121. The SMILES string of the molecule is COc1ccc2[n-]c(C(=N)c3cc(-c4cccnc4)cnc3N)nc2c1. The predicted molar refractivity (Wildman–Crippen MR) is 99.4 cm³/mol. The van der Waals surface area contributed by atoms with E-state index in [-0.39, 0.29) is 11.5 Å². The first-order valence-electron chi connectivity index (χ1n) is 7.89. The van der Waals surface area contributed by atoms with E-state index in [4.69, 9.17) is 15.9 Å². The zero-order valence-electron chi connectivity index (χ0n) is 14.0. The zero-order valence-corrected chi connectivity index (χ0v) is 14.0. The van der Waals surface area contributed by atoms with Gasteiger partial charge in [0.15, 0.2) is 0 Å². The molecule has 7 nitrogen and oxygen atoms in total. The first kappa shape index (κ1) is 15.8. The molecule has 0 amide bonds. The second-order valence-corrected chi connectivity index (χ2v) is 5.68. The molecule has 0 fully saturated rings. The van der Waals surface area contributed by atoms with Crippen LogP contribution in [0.2, 0.25) is 0 Å². The minimum atomic E-state index is 0.121. The van der Waals surface area contributed by atoms with E-state index in [2.05, 4.69) is 19.9 Å². The molecule has 0 atom stereocenters. The van der Waals surface area contributed by atoms with Crippen molar-refractivity contribution in [1.29, 1.82) is 5.41 Å². The fourth-order valence-corrected chi connectivity index (χ4v) is 2.67. The molecule has 128 valence electrons. The van der Waals surface area contributed by atoms with Gasteiger partial charge >= 0.3 is 0 Å². The average Bonchev–Trinajstić information content (AvgIpc) is 3.11. The predicted octanol–water partition coefficient (Wildman–Crippen LogP) is 2.66. The van der Waals surface area contributed by atoms with Gasteiger partial charge in [-0.25, -0.2) is 4.98 Å². The molecule has 3 N–H and O–H groups in total. The van der Waals surface area contributed by atoms with Crippen LogP contribution in [0.4, 0.5) is 5.82 Å². The van der Waals surface area contributed by atoms with Gasteiger partial charge in [-0.15, -0.1) is 0 Å². The second-order valence-electron chi connectivity index (χ2n) is 5.68. The Hall–Kier alpha value is -3.74. The summed E-state index contributed by atoms with van der Waals surface area (Å²) in [7, 11) is 1.59. The summed E-state index contributed by atoms with van der Waals surface area (Å²) in [5, 5.41) is 8.51. The maximum absolute atomic E-state index is 8.51. The number of benzene rings is 1. The number of imidazole rings is 1. The Bertz CT molecular complexity index is 1100. The lowest BCUT2D eigenvalue weighted by Gasteiger charge is -2.11. The number of fused-ring (bicyclic) bond motifs is 1. The number of nitrogens with one attached hydrogen (secondary N) is 1. The molecule has 0 aliphatic rings. The van der Waals surface area contributed by atoms with Crippen LogP contribution >= 0.6 is 0 Å². The third kappa shape index (κ3) is 2.75. The van der Waals surface area contributed by atoms with Crippen molar-refractivity contribution in [2.75, 3.05) is 12.8 Å². The van der Waals surface area contributed by atoms with Crippen molar-refractivity contribution in [2.45, 2.75) is 0 Å². The Morgan fingerprint density at radius 3 is 2.81 bits per heavy atom. The first-order valence-corrected chi connectivity index (χ1v) is 7.89. The molecule has 3 heterocycles. The number of nitrogens with zero attached hydrogens (tertiary/aromatic N) is 4. The van der Waals surface area contributed by atoms with Gasteiger partial charge in [-0.1, -0.05) is 12.1 Å². The Labute approximate surface area is 149 Å². The molecular formula is C19H15N6O-. The molecule has 7 heteroatoms. The number of rotatable bonds is 4. The normalized spacial score (nSPS) is 10.8. The third-order valence-corrected chi connectivity index (χ3v) is 4.04. The van der Waals surface area contributed by atoms with Crippen LogP contribution in [0.5, 0.6) is 5.75 Å². The molecule has 4 rings (SSSR count). The molecule has 0 aliphatic heterocycles. The second kappa shape index (κ2) is 6.29. The number of methoxy groups -OCH3 is 1. The lowest BCUT2D eigenvalue weighted by molar-refractivity contribution is 0.415. The van der Waals surface area contributed by atoms with Gasteiger partial charge in [0.2, 0.25) is 0 Å². The molecule has 1 aromatic carbocycles. The number of hydrogen-bond acceptors (Lipinski definition) is 6. The molecule has 0 radical (unpaired) electrons. The molecule has 0 unspecified atom stereocenters. The van der Waals surface area contributed by atoms with Crippen molar-refractivity contribution in [3.8, 4) is 16.9 Å². The van der Waals surface area contributed by atoms with Crippen molar-refractivity contribution in [2.24, 2.45) is 0 Å². The van der Waals surface area contributed by atoms with Gasteiger partial charge in [-0.2, -0.15) is 0 Å². The van der Waals surface area contributed by atoms with Gasteiger partial charge < -0.3 is 25.8 Å². The van der Waals surface area contributed by atoms with Gasteiger partial charge in [0.25, 0.3) is 0 Å². The number of anilines is 1. The highest BCUT2D eigenvalue weighted by Crippen LogP contribution is 2.24. The molecule has 0 bridgehead atoms. The summed E-state index contributed by atoms with van der Waals surface area (Å²) in [5.41, 5.74) is 9.68. The van der Waals surface area contributed by atoms with Crippen LogP contribution in [-0.2, 0) is 0 Å². The third-order valence-electron chi connectivity index (χ3n) is 4.04. The molecule has 0 spiro atoms. The highest BCUT2D eigenvalue weighted by molar-refractivity contribution is 6.12. The summed E-state index contributed by atoms with van der Waals surface area (Å²) in [6.07, 6.45) is 5.10. The number of aromatic nitrogens is 4. The topological polar surface area (TPSA) is 112 Å². The molecule has 0 saturated heterocycles. The van der Waals surface area contributed by atoms with Crippen molar-refractivity contribution in [3.63, 3.8) is 0 Å². The van der Waals surface area contributed by atoms with Crippen LogP contribution in [0.1, 0.15) is 11.4 Å². The van der Waals surface area contributed by atoms with Gasteiger partial charge in [-0.3, -0.25) is 4.98 Å². The Kier molecular flexibility index (Phi) is 3.81. The maximum Gasteiger partial charge on any atom is 0.132 e. The van der Waals surface area contributed by atoms with Crippen LogP contribution in [0.3, 0.4) is 0 Å². The molecule has 4 aromatic rings. The van der Waals surface area contributed by atoms with Gasteiger partial charge in [0.1, 0.15) is 11.6 Å². The van der Waals surface area contributed by atoms with Crippen LogP contribution in [0.25, 0.3) is 22.2 Å². The average molecular weight is 343 g/mol. The van der Waals surface area contributed by atoms with Crippen LogP contribution in [-0.4, -0.2) is 27.8 Å². The quantitative estimate of drug-likeness (QED) is 0.551. The summed E-state index contributed by atoms with van der Waals surface area (Å²) in [6.45, 7) is 0. The molecule has 26 heavy (non-hydrogen) atoms. The molecular weight excluding hydrogens is 328 g/mol. The van der Waals surface area contributed by atoms with E-state index >= 15 is 0 Å². The van der Waals surface area contributed by atoms with Crippen molar-refractivity contribution in [1.82, 2.24) is 19.9 Å². The van der Waals surface area contributed by atoms with Crippen LogP contribution in [0.15, 0.2) is 55.0 Å². The first-order chi connectivity index (χ1) is 12.7. The lowest BCUT2D eigenvalue weighted by atomic mass is 10.0. The van der Waals surface area contributed by atoms with E-state index in [1.54, 1.807) is 31.8 Å². The van der Waals surface area contributed by atoms with E-state index < -0.39 is 0 Å². The summed E-state index contributed by atoms with van der Waals surface area (Å²) in [6, 6.07) is 11.0. The van der Waals surface area contributed by atoms with Gasteiger partial charge in [-0.05, 0) is 41.1 Å². The largest absolute Gasteiger partial charge is 0.497 e. The molecule has 0 saturated carbocycles. The number of nitrogen functional groups attached to an aromatic ring is 1. The van der Waals surface area contributed by atoms with Crippen molar-refractivity contribution in [3.05, 3.63) is 66.4 Å². The van der Waals surface area contributed by atoms with Crippen LogP contribution < -0.4 is 15.5 Å². The fraction of sp³-hybridized carbons (Fsp3) is 0.0526.